The number of amides is 1. The number of hydrogen-bond donors (Lipinski definition) is 2. The number of hydrogen-bond acceptors (Lipinski definition) is 3. The number of carbonyl (C=O) groups is 1. The lowest BCUT2D eigenvalue weighted by Gasteiger charge is -2.32. The van der Waals surface area contributed by atoms with Crippen molar-refractivity contribution in [2.45, 2.75) is 33.1 Å². The maximum Gasteiger partial charge on any atom is 0.224 e. The van der Waals surface area contributed by atoms with E-state index in [0.29, 0.717) is 11.8 Å². The molecule has 0 aromatic heterocycles. The third kappa shape index (κ3) is 4.46. The fourth-order valence-electron chi connectivity index (χ4n) is 3.25. The van der Waals surface area contributed by atoms with E-state index in [1.165, 1.54) is 25.9 Å². The predicted octanol–water partition coefficient (Wildman–Crippen LogP) is 1.08. The molecule has 0 radical (unpaired) electrons. The zero-order valence-electron chi connectivity index (χ0n) is 12.5. The van der Waals surface area contributed by atoms with Gasteiger partial charge in [-0.15, -0.1) is 0 Å². The molecule has 2 fully saturated rings. The van der Waals surface area contributed by atoms with Crippen LogP contribution in [0.4, 0.5) is 0 Å². The minimum absolute atomic E-state index is 0.180. The van der Waals surface area contributed by atoms with Crippen molar-refractivity contribution in [1.82, 2.24) is 15.5 Å². The summed E-state index contributed by atoms with van der Waals surface area (Å²) in [6, 6.07) is 0. The van der Waals surface area contributed by atoms with Gasteiger partial charge in [-0.1, -0.05) is 13.8 Å². The third-order valence-corrected chi connectivity index (χ3v) is 4.66. The molecule has 1 amide bonds. The highest BCUT2D eigenvalue weighted by Crippen LogP contribution is 2.18. The van der Waals surface area contributed by atoms with Crippen LogP contribution in [0.5, 0.6) is 0 Å². The van der Waals surface area contributed by atoms with Crippen molar-refractivity contribution in [2.75, 3.05) is 39.3 Å². The Labute approximate surface area is 117 Å². The van der Waals surface area contributed by atoms with E-state index < -0.39 is 0 Å². The fraction of sp³-hybridized carbons (Fsp3) is 0.933. The van der Waals surface area contributed by atoms with Gasteiger partial charge in [0.1, 0.15) is 0 Å². The first-order valence-corrected chi connectivity index (χ1v) is 7.89. The topological polar surface area (TPSA) is 44.4 Å². The van der Waals surface area contributed by atoms with E-state index in [2.05, 4.69) is 29.4 Å². The molecule has 2 aliphatic heterocycles. The predicted molar refractivity (Wildman–Crippen MR) is 78.0 cm³/mol. The lowest BCUT2D eigenvalue weighted by Crippen LogP contribution is -2.45. The lowest BCUT2D eigenvalue weighted by atomic mass is 9.90. The first-order chi connectivity index (χ1) is 9.19. The molecule has 4 nitrogen and oxygen atoms in total. The quantitative estimate of drug-likeness (QED) is 0.801. The standard InChI is InChI=1S/C15H29N3O/c1-3-18-6-4-13(5-7-18)10-17-15(19)14-8-12(2)9-16-11-14/h12-14,16H,3-11H2,1-2H3,(H,17,19). The molecule has 110 valence electrons. The van der Waals surface area contributed by atoms with Crippen LogP contribution in [0.15, 0.2) is 0 Å². The molecule has 2 atom stereocenters. The fourth-order valence-corrected chi connectivity index (χ4v) is 3.25. The molecule has 0 aromatic rings. The summed E-state index contributed by atoms with van der Waals surface area (Å²) < 4.78 is 0. The average Bonchev–Trinajstić information content (AvgIpc) is 2.45. The van der Waals surface area contributed by atoms with Crippen molar-refractivity contribution in [3.05, 3.63) is 0 Å². The van der Waals surface area contributed by atoms with Crippen LogP contribution in [-0.2, 0) is 4.79 Å². The highest BCUT2D eigenvalue weighted by Gasteiger charge is 2.25. The molecule has 2 unspecified atom stereocenters. The van der Waals surface area contributed by atoms with Crippen LogP contribution in [0.1, 0.15) is 33.1 Å². The summed E-state index contributed by atoms with van der Waals surface area (Å²) in [7, 11) is 0. The summed E-state index contributed by atoms with van der Waals surface area (Å²) in [4.78, 5) is 14.6. The van der Waals surface area contributed by atoms with E-state index in [-0.39, 0.29) is 11.8 Å². The van der Waals surface area contributed by atoms with Crippen molar-refractivity contribution < 1.29 is 4.79 Å². The van der Waals surface area contributed by atoms with Gasteiger partial charge in [-0.3, -0.25) is 4.79 Å². The molecule has 2 heterocycles. The van der Waals surface area contributed by atoms with E-state index >= 15 is 0 Å². The number of piperidine rings is 2. The van der Waals surface area contributed by atoms with E-state index in [1.807, 2.05) is 0 Å². The van der Waals surface area contributed by atoms with E-state index in [9.17, 15) is 4.79 Å². The van der Waals surface area contributed by atoms with Crippen LogP contribution in [0.3, 0.4) is 0 Å². The van der Waals surface area contributed by atoms with Crippen molar-refractivity contribution in [3.8, 4) is 0 Å². The molecule has 0 aliphatic carbocycles. The number of nitrogens with one attached hydrogen (secondary N) is 2. The number of carbonyl (C=O) groups excluding carboxylic acids is 1. The maximum atomic E-state index is 12.1. The zero-order chi connectivity index (χ0) is 13.7. The number of nitrogens with zero attached hydrogens (tertiary/aromatic N) is 1. The summed E-state index contributed by atoms with van der Waals surface area (Å²) in [5.41, 5.74) is 0. The Hall–Kier alpha value is -0.610. The van der Waals surface area contributed by atoms with Crippen LogP contribution in [-0.4, -0.2) is 50.1 Å². The van der Waals surface area contributed by atoms with Gasteiger partial charge in [0.05, 0.1) is 5.92 Å². The van der Waals surface area contributed by atoms with Crippen LogP contribution >= 0.6 is 0 Å². The molecule has 0 saturated carbocycles. The van der Waals surface area contributed by atoms with Crippen molar-refractivity contribution >= 4 is 5.91 Å². The van der Waals surface area contributed by atoms with Gasteiger partial charge in [0.2, 0.25) is 5.91 Å². The van der Waals surface area contributed by atoms with Gasteiger partial charge in [-0.25, -0.2) is 0 Å². The SMILES string of the molecule is CCN1CCC(CNC(=O)C2CNCC(C)C2)CC1. The Kier molecular flexibility index (Phi) is 5.64. The van der Waals surface area contributed by atoms with E-state index in [0.717, 1.165) is 32.6 Å². The summed E-state index contributed by atoms with van der Waals surface area (Å²) in [6.45, 7) is 10.8. The van der Waals surface area contributed by atoms with Crippen LogP contribution in [0.25, 0.3) is 0 Å². The highest BCUT2D eigenvalue weighted by molar-refractivity contribution is 5.79. The summed E-state index contributed by atoms with van der Waals surface area (Å²) >= 11 is 0. The first-order valence-electron chi connectivity index (χ1n) is 7.89. The molecule has 2 aliphatic rings. The van der Waals surface area contributed by atoms with Gasteiger partial charge in [-0.05, 0) is 57.3 Å². The molecule has 0 aromatic carbocycles. The summed E-state index contributed by atoms with van der Waals surface area (Å²) in [5.74, 6) is 1.74. The average molecular weight is 267 g/mol. The van der Waals surface area contributed by atoms with E-state index in [1.54, 1.807) is 0 Å². The number of likely N-dealkylation sites (tertiary alicyclic amines) is 1. The monoisotopic (exact) mass is 267 g/mol. The molecule has 4 heteroatoms. The summed E-state index contributed by atoms with van der Waals surface area (Å²) in [6.07, 6.45) is 3.49. The molecule has 2 N–H and O–H groups in total. The largest absolute Gasteiger partial charge is 0.356 e. The third-order valence-electron chi connectivity index (χ3n) is 4.66. The van der Waals surface area contributed by atoms with Gasteiger partial charge in [0, 0.05) is 13.1 Å². The second-order valence-electron chi connectivity index (χ2n) is 6.32. The Balaban J connectivity index is 1.66. The van der Waals surface area contributed by atoms with Crippen molar-refractivity contribution in [2.24, 2.45) is 17.8 Å². The van der Waals surface area contributed by atoms with Gasteiger partial charge in [0.25, 0.3) is 0 Å². The van der Waals surface area contributed by atoms with Gasteiger partial charge < -0.3 is 15.5 Å². The Morgan fingerprint density at radius 3 is 2.68 bits per heavy atom. The molecular weight excluding hydrogens is 238 g/mol. The van der Waals surface area contributed by atoms with Crippen LogP contribution in [0.2, 0.25) is 0 Å². The minimum Gasteiger partial charge on any atom is -0.356 e. The molecule has 2 rings (SSSR count). The normalized spacial score (nSPS) is 30.2. The lowest BCUT2D eigenvalue weighted by molar-refractivity contribution is -0.126. The zero-order valence-corrected chi connectivity index (χ0v) is 12.5. The summed E-state index contributed by atoms with van der Waals surface area (Å²) in [5, 5.41) is 6.53. The molecule has 19 heavy (non-hydrogen) atoms. The molecule has 2 saturated heterocycles. The van der Waals surface area contributed by atoms with Gasteiger partial charge in [-0.2, -0.15) is 0 Å². The maximum absolute atomic E-state index is 12.1. The second kappa shape index (κ2) is 7.25. The van der Waals surface area contributed by atoms with Gasteiger partial charge >= 0.3 is 0 Å². The highest BCUT2D eigenvalue weighted by atomic mass is 16.1. The van der Waals surface area contributed by atoms with E-state index in [4.69, 9.17) is 0 Å². The Bertz CT molecular complexity index is 287. The van der Waals surface area contributed by atoms with Gasteiger partial charge in [0.15, 0.2) is 0 Å². The second-order valence-corrected chi connectivity index (χ2v) is 6.32. The Morgan fingerprint density at radius 1 is 1.32 bits per heavy atom. The Morgan fingerprint density at radius 2 is 2.05 bits per heavy atom. The first kappa shape index (κ1) is 14.8. The smallest absolute Gasteiger partial charge is 0.224 e. The molecule has 0 spiro atoms. The molecular formula is C15H29N3O. The molecule has 0 bridgehead atoms. The van der Waals surface area contributed by atoms with Crippen LogP contribution in [0, 0.1) is 17.8 Å². The van der Waals surface area contributed by atoms with Crippen molar-refractivity contribution in [1.29, 1.82) is 0 Å². The minimum atomic E-state index is 0.180. The number of rotatable bonds is 4. The van der Waals surface area contributed by atoms with Crippen molar-refractivity contribution in [3.63, 3.8) is 0 Å². The van der Waals surface area contributed by atoms with Crippen LogP contribution < -0.4 is 10.6 Å².